The quantitative estimate of drug-likeness (QED) is 0.551. The molecule has 5 heteroatoms. The van der Waals surface area contributed by atoms with Crippen molar-refractivity contribution >= 4 is 6.40 Å². The number of nitrogens with zero attached hydrogens (tertiary/aromatic N) is 1. The van der Waals surface area contributed by atoms with Crippen LogP contribution in [0.3, 0.4) is 0 Å². The lowest BCUT2D eigenvalue weighted by Crippen LogP contribution is -2.16. The van der Waals surface area contributed by atoms with Gasteiger partial charge in [0.25, 0.3) is 6.40 Å². The second-order valence-electron chi connectivity index (χ2n) is 1.78. The van der Waals surface area contributed by atoms with E-state index in [2.05, 4.69) is 9.73 Å². The first-order valence-electron chi connectivity index (χ1n) is 2.51. The number of halogens is 3. The van der Waals surface area contributed by atoms with Crippen molar-refractivity contribution in [2.75, 3.05) is 0 Å². The van der Waals surface area contributed by atoms with Crippen LogP contribution in [0.15, 0.2) is 4.99 Å². The molecule has 0 aliphatic carbocycles. The number of hydrogen-bond donors (Lipinski definition) is 0. The molecule has 0 amide bonds. The Kier molecular flexibility index (Phi) is 1.82. The average Bonchev–Trinajstić information content (AvgIpc) is 2.12. The first-order valence-corrected chi connectivity index (χ1v) is 2.51. The SMILES string of the molecule is FC(F)(F)CC1[C]O[C]=N1. The minimum absolute atomic E-state index is 1.03. The van der Waals surface area contributed by atoms with Gasteiger partial charge in [-0.25, -0.2) is 4.99 Å². The van der Waals surface area contributed by atoms with E-state index in [0.29, 0.717) is 0 Å². The van der Waals surface area contributed by atoms with E-state index in [1.54, 1.807) is 0 Å². The number of hydrogen-bond acceptors (Lipinski definition) is 2. The largest absolute Gasteiger partial charge is 0.456 e. The second kappa shape index (κ2) is 2.48. The topological polar surface area (TPSA) is 21.6 Å². The Labute approximate surface area is 55.7 Å². The van der Waals surface area contributed by atoms with Gasteiger partial charge in [-0.15, -0.1) is 0 Å². The Morgan fingerprint density at radius 2 is 2.20 bits per heavy atom. The van der Waals surface area contributed by atoms with E-state index in [1.807, 2.05) is 13.0 Å². The Bertz CT molecular complexity index is 142. The summed E-state index contributed by atoms with van der Waals surface area (Å²) < 4.78 is 38.7. The summed E-state index contributed by atoms with van der Waals surface area (Å²) in [6, 6.07) is -1.03. The Morgan fingerprint density at radius 3 is 2.60 bits per heavy atom. The third-order valence-electron chi connectivity index (χ3n) is 0.874. The van der Waals surface area contributed by atoms with E-state index >= 15 is 0 Å². The monoisotopic (exact) mass is 150 g/mol. The first-order chi connectivity index (χ1) is 4.58. The fourth-order valence-corrected chi connectivity index (χ4v) is 0.517. The van der Waals surface area contributed by atoms with Gasteiger partial charge >= 0.3 is 6.18 Å². The van der Waals surface area contributed by atoms with Crippen molar-refractivity contribution in [1.82, 2.24) is 0 Å². The molecular weight excluding hydrogens is 147 g/mol. The highest BCUT2D eigenvalue weighted by molar-refractivity contribution is 5.50. The Morgan fingerprint density at radius 1 is 1.50 bits per heavy atom. The highest BCUT2D eigenvalue weighted by Crippen LogP contribution is 2.25. The van der Waals surface area contributed by atoms with Crippen LogP contribution < -0.4 is 0 Å². The molecule has 2 nitrogen and oxygen atoms in total. The predicted molar refractivity (Wildman–Crippen MR) is 26.2 cm³/mol. The van der Waals surface area contributed by atoms with Gasteiger partial charge < -0.3 is 4.74 Å². The summed E-state index contributed by atoms with van der Waals surface area (Å²) in [6.07, 6.45) is -3.33. The van der Waals surface area contributed by atoms with Crippen molar-refractivity contribution in [2.24, 2.45) is 4.99 Å². The van der Waals surface area contributed by atoms with Crippen molar-refractivity contribution in [3.8, 4) is 0 Å². The molecule has 0 fully saturated rings. The van der Waals surface area contributed by atoms with Crippen molar-refractivity contribution in [3.63, 3.8) is 0 Å². The number of aliphatic imine (C=N–C) groups is 1. The minimum Gasteiger partial charge on any atom is -0.456 e. The van der Waals surface area contributed by atoms with Gasteiger partial charge in [0, 0.05) is 0 Å². The van der Waals surface area contributed by atoms with Crippen LogP contribution >= 0.6 is 0 Å². The zero-order valence-corrected chi connectivity index (χ0v) is 4.77. The molecule has 0 saturated carbocycles. The third kappa shape index (κ3) is 2.24. The maximum absolute atomic E-state index is 11.5. The summed E-state index contributed by atoms with van der Waals surface area (Å²) in [5, 5.41) is 0. The molecule has 3 radical (unpaired) electrons. The number of ether oxygens (including phenoxy) is 1. The highest BCUT2D eigenvalue weighted by atomic mass is 19.4. The molecule has 0 saturated heterocycles. The normalized spacial score (nSPS) is 24.9. The van der Waals surface area contributed by atoms with Crippen molar-refractivity contribution in [2.45, 2.75) is 18.6 Å². The third-order valence-corrected chi connectivity index (χ3v) is 0.874. The molecule has 1 aliphatic rings. The molecule has 0 N–H and O–H groups in total. The second-order valence-corrected chi connectivity index (χ2v) is 1.78. The lowest BCUT2D eigenvalue weighted by atomic mass is 10.2. The predicted octanol–water partition coefficient (Wildman–Crippen LogP) is 1.28. The summed E-state index contributed by atoms with van der Waals surface area (Å²) in [5.41, 5.74) is 0. The lowest BCUT2D eigenvalue weighted by Gasteiger charge is -2.06. The molecule has 1 rings (SSSR count). The van der Waals surface area contributed by atoms with Crippen LogP contribution in [0.4, 0.5) is 13.2 Å². The first kappa shape index (κ1) is 7.37. The fourth-order valence-electron chi connectivity index (χ4n) is 0.517. The molecule has 1 heterocycles. The molecule has 55 valence electrons. The van der Waals surface area contributed by atoms with E-state index < -0.39 is 18.6 Å². The molecule has 0 aromatic rings. The van der Waals surface area contributed by atoms with Gasteiger partial charge in [-0.05, 0) is 0 Å². The van der Waals surface area contributed by atoms with Crippen LogP contribution in [-0.4, -0.2) is 18.6 Å². The van der Waals surface area contributed by atoms with Gasteiger partial charge in [0.15, 0.2) is 0 Å². The van der Waals surface area contributed by atoms with Crippen LogP contribution in [0.2, 0.25) is 0 Å². The number of alkyl halides is 3. The molecule has 10 heavy (non-hydrogen) atoms. The van der Waals surface area contributed by atoms with Crippen LogP contribution in [0.1, 0.15) is 6.42 Å². The highest BCUT2D eigenvalue weighted by Gasteiger charge is 2.34. The smallest absolute Gasteiger partial charge is 0.391 e. The van der Waals surface area contributed by atoms with Crippen LogP contribution in [-0.2, 0) is 4.74 Å². The molecule has 0 aromatic carbocycles. The molecule has 1 aliphatic heterocycles. The Hall–Kier alpha value is -0.740. The van der Waals surface area contributed by atoms with Crippen LogP contribution in [0, 0.1) is 6.61 Å². The van der Waals surface area contributed by atoms with Gasteiger partial charge in [0.05, 0.1) is 6.42 Å². The van der Waals surface area contributed by atoms with Crippen molar-refractivity contribution < 1.29 is 17.9 Å². The molecule has 0 aromatic heterocycles. The molecule has 1 unspecified atom stereocenters. The van der Waals surface area contributed by atoms with E-state index in [-0.39, 0.29) is 0 Å². The van der Waals surface area contributed by atoms with Gasteiger partial charge in [-0.3, -0.25) is 0 Å². The van der Waals surface area contributed by atoms with Crippen LogP contribution in [0.5, 0.6) is 0 Å². The standard InChI is InChI=1S/C5H3F3NO/c6-5(7,8)1-4-2-10-3-9-4/h4H,1H2. The van der Waals surface area contributed by atoms with Gasteiger partial charge in [0.2, 0.25) is 6.61 Å². The van der Waals surface area contributed by atoms with E-state index in [4.69, 9.17) is 0 Å². The fraction of sp³-hybridized carbons (Fsp3) is 0.600. The maximum Gasteiger partial charge on any atom is 0.391 e. The van der Waals surface area contributed by atoms with E-state index in [0.717, 1.165) is 0 Å². The van der Waals surface area contributed by atoms with Crippen LogP contribution in [0.25, 0.3) is 0 Å². The summed E-state index contributed by atoms with van der Waals surface area (Å²) in [4.78, 5) is 3.22. The number of rotatable bonds is 1. The van der Waals surface area contributed by atoms with E-state index in [9.17, 15) is 13.2 Å². The lowest BCUT2D eigenvalue weighted by molar-refractivity contribution is -0.137. The van der Waals surface area contributed by atoms with Gasteiger partial charge in [-0.2, -0.15) is 13.2 Å². The minimum atomic E-state index is -4.21. The maximum atomic E-state index is 11.5. The molecule has 0 spiro atoms. The summed E-state index contributed by atoms with van der Waals surface area (Å²) in [7, 11) is 0. The molecule has 1 atom stereocenters. The van der Waals surface area contributed by atoms with E-state index in [1.165, 1.54) is 0 Å². The average molecular weight is 150 g/mol. The van der Waals surface area contributed by atoms with Gasteiger partial charge in [-0.1, -0.05) is 0 Å². The Balaban J connectivity index is 2.31. The zero-order chi connectivity index (χ0) is 7.61. The molecule has 0 bridgehead atoms. The molecular formula is C5H3F3NO. The summed E-state index contributed by atoms with van der Waals surface area (Å²) in [6.45, 7) is 2.02. The zero-order valence-electron chi connectivity index (χ0n) is 4.77. The summed E-state index contributed by atoms with van der Waals surface area (Å²) in [5.74, 6) is 0. The van der Waals surface area contributed by atoms with Crippen molar-refractivity contribution in [1.29, 1.82) is 0 Å². The van der Waals surface area contributed by atoms with Gasteiger partial charge in [0.1, 0.15) is 6.04 Å². The van der Waals surface area contributed by atoms with Crippen molar-refractivity contribution in [3.05, 3.63) is 6.61 Å². The summed E-state index contributed by atoms with van der Waals surface area (Å²) >= 11 is 0.